The predicted molar refractivity (Wildman–Crippen MR) is 321 cm³/mol. The summed E-state index contributed by atoms with van der Waals surface area (Å²) in [7, 11) is -9.88. The van der Waals surface area contributed by atoms with Gasteiger partial charge in [0.05, 0.1) is 26.4 Å². The number of carbonyl (C=O) groups is 4. The van der Waals surface area contributed by atoms with Gasteiger partial charge in [-0.2, -0.15) is 0 Å². The molecule has 0 heterocycles. The van der Waals surface area contributed by atoms with Crippen molar-refractivity contribution in [3.8, 4) is 0 Å². The van der Waals surface area contributed by atoms with Gasteiger partial charge >= 0.3 is 39.5 Å². The molecule has 0 fully saturated rings. The highest BCUT2D eigenvalue weighted by atomic mass is 31.2. The Morgan fingerprint density at radius 2 is 0.568 bits per heavy atom. The molecule has 0 aromatic rings. The minimum absolute atomic E-state index is 0.103. The maximum absolute atomic E-state index is 12.9. The fourth-order valence-corrected chi connectivity index (χ4v) is 10.7. The Labute approximate surface area is 492 Å². The van der Waals surface area contributed by atoms with Gasteiger partial charge in [0.2, 0.25) is 0 Å². The highest BCUT2D eigenvalue weighted by Crippen LogP contribution is 2.45. The molecule has 0 aliphatic carbocycles. The van der Waals surface area contributed by atoms with Crippen molar-refractivity contribution in [2.75, 3.05) is 39.6 Å². The summed E-state index contributed by atoms with van der Waals surface area (Å²) in [5.41, 5.74) is 0. The van der Waals surface area contributed by atoms with Crippen molar-refractivity contribution in [3.05, 3.63) is 0 Å². The zero-order valence-electron chi connectivity index (χ0n) is 52.2. The van der Waals surface area contributed by atoms with E-state index in [1.165, 1.54) is 103 Å². The molecule has 2 unspecified atom stereocenters. The van der Waals surface area contributed by atoms with E-state index >= 15 is 0 Å². The van der Waals surface area contributed by atoms with Crippen molar-refractivity contribution in [1.29, 1.82) is 0 Å². The van der Waals surface area contributed by atoms with E-state index in [1.54, 1.807) is 0 Å². The second-order valence-electron chi connectivity index (χ2n) is 23.9. The number of hydrogen-bond donors (Lipinski definition) is 3. The van der Waals surface area contributed by atoms with Crippen LogP contribution in [0.2, 0.25) is 0 Å². The molecular formula is C62H120O17P2. The number of ether oxygens (including phenoxy) is 4. The van der Waals surface area contributed by atoms with Crippen LogP contribution < -0.4 is 0 Å². The zero-order chi connectivity index (χ0) is 60.3. The first-order chi connectivity index (χ1) is 38.7. The molecule has 0 saturated heterocycles. The predicted octanol–water partition coefficient (Wildman–Crippen LogP) is 16.7. The molecule has 0 aliphatic heterocycles. The first-order valence-electron chi connectivity index (χ1n) is 32.3. The molecule has 0 aromatic heterocycles. The number of carbonyl (C=O) groups excluding carboxylic acids is 4. The highest BCUT2D eigenvalue weighted by Gasteiger charge is 2.30. The van der Waals surface area contributed by atoms with Crippen molar-refractivity contribution in [2.45, 2.75) is 317 Å². The van der Waals surface area contributed by atoms with E-state index in [0.717, 1.165) is 114 Å². The second kappa shape index (κ2) is 53.5. The van der Waals surface area contributed by atoms with Crippen molar-refractivity contribution in [3.63, 3.8) is 0 Å². The largest absolute Gasteiger partial charge is 0.472 e. The molecule has 19 heteroatoms. The second-order valence-corrected chi connectivity index (χ2v) is 26.8. The molecule has 0 amide bonds. The van der Waals surface area contributed by atoms with Crippen LogP contribution in [0.25, 0.3) is 0 Å². The molecule has 0 aromatic carbocycles. The molecule has 3 N–H and O–H groups in total. The number of rotatable bonds is 60. The molecule has 0 spiro atoms. The van der Waals surface area contributed by atoms with Crippen LogP contribution in [0.3, 0.4) is 0 Å². The number of aliphatic hydroxyl groups excluding tert-OH is 1. The van der Waals surface area contributed by atoms with Crippen LogP contribution in [0.15, 0.2) is 0 Å². The molecule has 0 rings (SSSR count). The minimum Gasteiger partial charge on any atom is -0.462 e. The first-order valence-corrected chi connectivity index (χ1v) is 35.3. The Hall–Kier alpha value is -1.94. The lowest BCUT2D eigenvalue weighted by atomic mass is 10.0. The van der Waals surface area contributed by atoms with Crippen LogP contribution in [-0.2, 0) is 65.4 Å². The number of hydrogen-bond acceptors (Lipinski definition) is 15. The Bertz CT molecular complexity index is 1610. The average molecular weight is 1200 g/mol. The van der Waals surface area contributed by atoms with Gasteiger partial charge in [-0.1, -0.05) is 248 Å². The topological polar surface area (TPSA) is 237 Å². The average Bonchev–Trinajstić information content (AvgIpc) is 3.41. The fourth-order valence-electron chi connectivity index (χ4n) is 9.13. The summed E-state index contributed by atoms with van der Waals surface area (Å²) in [6, 6.07) is 0. The summed E-state index contributed by atoms with van der Waals surface area (Å²) in [4.78, 5) is 71.9. The van der Waals surface area contributed by atoms with Crippen molar-refractivity contribution in [2.24, 2.45) is 17.8 Å². The normalized spacial score (nSPS) is 14.4. The van der Waals surface area contributed by atoms with Crippen molar-refractivity contribution < 1.29 is 80.2 Å². The lowest BCUT2D eigenvalue weighted by Crippen LogP contribution is -2.30. The smallest absolute Gasteiger partial charge is 0.462 e. The Morgan fingerprint density at radius 1 is 0.333 bits per heavy atom. The summed E-state index contributed by atoms with van der Waals surface area (Å²) < 4.78 is 67.7. The highest BCUT2D eigenvalue weighted by molar-refractivity contribution is 7.47. The molecule has 480 valence electrons. The summed E-state index contributed by atoms with van der Waals surface area (Å²) >= 11 is 0. The van der Waals surface area contributed by atoms with Crippen LogP contribution in [0.5, 0.6) is 0 Å². The standard InChI is InChI=1S/C62H120O17P2/c1-8-9-10-26-36-43-59(64)72-49-57(78-62(67)46-39-32-25-19-18-22-29-35-42-55(6)7)51-76-80(68,69)74-47-56(63)48-75-81(70,71)77-52-58(50-73-60(65)44-37-30-23-17-13-15-21-28-34-41-54(4)5)79-61(66)45-38-31-24-16-12-11-14-20-27-33-40-53(2)3/h53-58,63H,8-52H2,1-7H3,(H,68,69)(H,70,71)/t56-,57+,58+/m0/s1. The van der Waals surface area contributed by atoms with E-state index in [4.69, 9.17) is 37.0 Å². The number of aliphatic hydroxyl groups is 1. The number of phosphoric acid groups is 2. The summed E-state index contributed by atoms with van der Waals surface area (Å²) in [5, 5.41) is 10.5. The Balaban J connectivity index is 5.19. The van der Waals surface area contributed by atoms with Crippen LogP contribution >= 0.6 is 15.6 Å². The zero-order valence-corrected chi connectivity index (χ0v) is 54.0. The maximum Gasteiger partial charge on any atom is 0.472 e. The first kappa shape index (κ1) is 79.1. The molecule has 5 atom stereocenters. The molecular weight excluding hydrogens is 1080 g/mol. The molecule has 0 saturated carbocycles. The van der Waals surface area contributed by atoms with E-state index in [2.05, 4.69) is 48.5 Å². The third-order valence-corrected chi connectivity index (χ3v) is 16.0. The van der Waals surface area contributed by atoms with Gasteiger partial charge in [0.15, 0.2) is 12.2 Å². The summed E-state index contributed by atoms with van der Waals surface area (Å²) in [5.74, 6) is 0.0643. The van der Waals surface area contributed by atoms with E-state index < -0.39 is 97.5 Å². The monoisotopic (exact) mass is 1200 g/mol. The van der Waals surface area contributed by atoms with Gasteiger partial charge in [0.1, 0.15) is 19.3 Å². The molecule has 0 aliphatic rings. The van der Waals surface area contributed by atoms with Crippen molar-refractivity contribution >= 4 is 39.5 Å². The maximum atomic E-state index is 12.9. The molecule has 17 nitrogen and oxygen atoms in total. The summed E-state index contributed by atoms with van der Waals surface area (Å²) in [6.45, 7) is 11.6. The van der Waals surface area contributed by atoms with Crippen LogP contribution in [-0.4, -0.2) is 96.7 Å². The third kappa shape index (κ3) is 56.9. The van der Waals surface area contributed by atoms with Gasteiger partial charge in [-0.05, 0) is 43.4 Å². The van der Waals surface area contributed by atoms with Crippen LogP contribution in [0.1, 0.15) is 299 Å². The van der Waals surface area contributed by atoms with E-state index in [0.29, 0.717) is 25.7 Å². The number of esters is 4. The third-order valence-electron chi connectivity index (χ3n) is 14.1. The quantitative estimate of drug-likeness (QED) is 0.0222. The van der Waals surface area contributed by atoms with Crippen molar-refractivity contribution in [1.82, 2.24) is 0 Å². The summed E-state index contributed by atoms with van der Waals surface area (Å²) in [6.07, 6.45) is 33.8. The Morgan fingerprint density at radius 3 is 0.840 bits per heavy atom. The van der Waals surface area contributed by atoms with Gasteiger partial charge < -0.3 is 33.8 Å². The SMILES string of the molecule is CCCCCCCC(=O)OC[C@H](COP(=O)(O)OC[C@H](O)COP(=O)(O)OC[C@@H](COC(=O)CCCCCCCCCCCC(C)C)OC(=O)CCCCCCCCCCCCC(C)C)OC(=O)CCCCCCCCCCC(C)C. The fraction of sp³-hybridized carbons (Fsp3) is 0.935. The van der Waals surface area contributed by atoms with Crippen LogP contribution in [0.4, 0.5) is 0 Å². The van der Waals surface area contributed by atoms with Crippen LogP contribution in [0, 0.1) is 17.8 Å². The molecule has 0 bridgehead atoms. The molecule has 81 heavy (non-hydrogen) atoms. The van der Waals surface area contributed by atoms with Gasteiger partial charge in [-0.3, -0.25) is 37.3 Å². The van der Waals surface area contributed by atoms with Gasteiger partial charge in [0.25, 0.3) is 0 Å². The van der Waals surface area contributed by atoms with Gasteiger partial charge in [-0.25, -0.2) is 9.13 Å². The lowest BCUT2D eigenvalue weighted by molar-refractivity contribution is -0.161. The van der Waals surface area contributed by atoms with E-state index in [1.807, 2.05) is 0 Å². The lowest BCUT2D eigenvalue weighted by Gasteiger charge is -2.21. The van der Waals surface area contributed by atoms with Gasteiger partial charge in [0, 0.05) is 25.7 Å². The Kier molecular flexibility index (Phi) is 52.2. The molecule has 0 radical (unpaired) electrons. The van der Waals surface area contributed by atoms with Gasteiger partial charge in [-0.15, -0.1) is 0 Å². The minimum atomic E-state index is -4.94. The van der Waals surface area contributed by atoms with E-state index in [-0.39, 0.29) is 25.7 Å². The number of phosphoric ester groups is 2. The number of unbranched alkanes of at least 4 members (excludes halogenated alkanes) is 28. The van der Waals surface area contributed by atoms with E-state index in [9.17, 15) is 43.2 Å².